The van der Waals surface area contributed by atoms with Crippen LogP contribution in [0.4, 0.5) is 0 Å². The molecule has 3 rings (SSSR count). The van der Waals surface area contributed by atoms with Crippen molar-refractivity contribution in [2.45, 2.75) is 25.8 Å². The van der Waals surface area contributed by atoms with Gasteiger partial charge in [0.05, 0.1) is 0 Å². The molecule has 1 aliphatic heterocycles. The summed E-state index contributed by atoms with van der Waals surface area (Å²) in [4.78, 5) is 8.26. The summed E-state index contributed by atoms with van der Waals surface area (Å²) in [6.45, 7) is 2.66. The van der Waals surface area contributed by atoms with E-state index in [1.165, 1.54) is 19.2 Å². The summed E-state index contributed by atoms with van der Waals surface area (Å²) >= 11 is 0. The summed E-state index contributed by atoms with van der Waals surface area (Å²) in [5.74, 6) is 1.99. The number of aromatic nitrogens is 5. The smallest absolute Gasteiger partial charge is 0.248 e. The molecule has 0 amide bonds. The predicted octanol–water partition coefficient (Wildman–Crippen LogP) is 0.251. The molecule has 1 atom stereocenters. The number of piperidine rings is 1. The maximum atomic E-state index is 5.21. The maximum Gasteiger partial charge on any atom is 0.248 e. The van der Waals surface area contributed by atoms with Crippen molar-refractivity contribution in [3.8, 4) is 0 Å². The van der Waals surface area contributed by atoms with Gasteiger partial charge in [-0.2, -0.15) is 10.1 Å². The van der Waals surface area contributed by atoms with E-state index in [0.29, 0.717) is 18.4 Å². The summed E-state index contributed by atoms with van der Waals surface area (Å²) in [6.07, 6.45) is 6.47. The van der Waals surface area contributed by atoms with Gasteiger partial charge in [-0.15, -0.1) is 0 Å². The highest BCUT2D eigenvalue weighted by Crippen LogP contribution is 2.14. The highest BCUT2D eigenvalue weighted by molar-refractivity contribution is 4.90. The largest absolute Gasteiger partial charge is 0.337 e. The van der Waals surface area contributed by atoms with Gasteiger partial charge < -0.3 is 9.84 Å². The van der Waals surface area contributed by atoms with Gasteiger partial charge in [0.1, 0.15) is 19.2 Å². The Morgan fingerprint density at radius 1 is 1.50 bits per heavy atom. The average Bonchev–Trinajstić information content (AvgIpc) is 3.03. The summed E-state index contributed by atoms with van der Waals surface area (Å²) in [7, 11) is 0. The molecule has 0 saturated carbocycles. The third-order valence-electron chi connectivity index (χ3n) is 3.14. The first-order valence-electron chi connectivity index (χ1n) is 6.25. The van der Waals surface area contributed by atoms with E-state index < -0.39 is 0 Å². The van der Waals surface area contributed by atoms with Crippen molar-refractivity contribution in [2.75, 3.05) is 13.1 Å². The zero-order chi connectivity index (χ0) is 12.2. The van der Waals surface area contributed by atoms with Crippen molar-refractivity contribution < 1.29 is 4.52 Å². The summed E-state index contributed by atoms with van der Waals surface area (Å²) < 4.78 is 6.88. The normalized spacial score (nSPS) is 20.1. The Morgan fingerprint density at radius 3 is 3.28 bits per heavy atom. The summed E-state index contributed by atoms with van der Waals surface area (Å²) in [5.41, 5.74) is 0. The Kier molecular flexibility index (Phi) is 3.31. The second-order valence-corrected chi connectivity index (χ2v) is 4.61. The summed E-state index contributed by atoms with van der Waals surface area (Å²) in [5, 5.41) is 11.4. The van der Waals surface area contributed by atoms with Gasteiger partial charge >= 0.3 is 0 Å². The minimum absolute atomic E-state index is 0.482. The lowest BCUT2D eigenvalue weighted by Gasteiger charge is -2.20. The van der Waals surface area contributed by atoms with E-state index in [0.717, 1.165) is 25.3 Å². The number of hydrogen-bond acceptors (Lipinski definition) is 6. The van der Waals surface area contributed by atoms with Gasteiger partial charge in [-0.05, 0) is 31.8 Å². The standard InChI is InChI=1S/C11H16N6O/c1-2-9(5-12-3-1)4-10-15-11(18-16-10)6-17-8-13-7-14-17/h7-9,12H,1-6H2. The Labute approximate surface area is 105 Å². The van der Waals surface area contributed by atoms with Crippen LogP contribution in [-0.4, -0.2) is 38.0 Å². The van der Waals surface area contributed by atoms with Gasteiger partial charge in [0.2, 0.25) is 5.89 Å². The van der Waals surface area contributed by atoms with Crippen LogP contribution in [-0.2, 0) is 13.0 Å². The van der Waals surface area contributed by atoms with Crippen molar-refractivity contribution >= 4 is 0 Å². The first kappa shape index (κ1) is 11.3. The zero-order valence-electron chi connectivity index (χ0n) is 10.1. The molecule has 1 saturated heterocycles. The molecule has 2 aromatic rings. The first-order chi connectivity index (χ1) is 8.90. The molecule has 0 radical (unpaired) electrons. The molecule has 18 heavy (non-hydrogen) atoms. The molecule has 7 heteroatoms. The highest BCUT2D eigenvalue weighted by atomic mass is 16.5. The van der Waals surface area contributed by atoms with Crippen LogP contribution in [0.5, 0.6) is 0 Å². The van der Waals surface area contributed by atoms with Crippen LogP contribution in [0.25, 0.3) is 0 Å². The zero-order valence-corrected chi connectivity index (χ0v) is 10.1. The second-order valence-electron chi connectivity index (χ2n) is 4.61. The van der Waals surface area contributed by atoms with Gasteiger partial charge in [0, 0.05) is 6.42 Å². The molecular weight excluding hydrogens is 232 g/mol. The number of rotatable bonds is 4. The lowest BCUT2D eigenvalue weighted by atomic mass is 9.96. The fourth-order valence-electron chi connectivity index (χ4n) is 2.25. The van der Waals surface area contributed by atoms with E-state index in [4.69, 9.17) is 4.52 Å². The van der Waals surface area contributed by atoms with Crippen LogP contribution < -0.4 is 5.32 Å². The fraction of sp³-hybridized carbons (Fsp3) is 0.636. The van der Waals surface area contributed by atoms with Crippen LogP contribution in [0.2, 0.25) is 0 Å². The number of nitrogens with one attached hydrogen (secondary N) is 1. The Morgan fingerprint density at radius 2 is 2.50 bits per heavy atom. The van der Waals surface area contributed by atoms with Gasteiger partial charge in [0.15, 0.2) is 5.82 Å². The molecule has 1 unspecified atom stereocenters. The van der Waals surface area contributed by atoms with Gasteiger partial charge in [0.25, 0.3) is 0 Å². The lowest BCUT2D eigenvalue weighted by Crippen LogP contribution is -2.31. The van der Waals surface area contributed by atoms with E-state index in [1.807, 2.05) is 0 Å². The summed E-state index contributed by atoms with van der Waals surface area (Å²) in [6, 6.07) is 0. The van der Waals surface area contributed by atoms with Crippen molar-refractivity contribution in [3.63, 3.8) is 0 Å². The number of hydrogen-bond donors (Lipinski definition) is 1. The highest BCUT2D eigenvalue weighted by Gasteiger charge is 2.17. The van der Waals surface area contributed by atoms with Crippen LogP contribution in [0, 0.1) is 5.92 Å². The van der Waals surface area contributed by atoms with Crippen molar-refractivity contribution in [1.82, 2.24) is 30.2 Å². The molecule has 1 N–H and O–H groups in total. The minimum Gasteiger partial charge on any atom is -0.337 e. The Bertz CT molecular complexity index is 473. The van der Waals surface area contributed by atoms with Crippen LogP contribution in [0.3, 0.4) is 0 Å². The molecule has 0 aromatic carbocycles. The molecular formula is C11H16N6O. The van der Waals surface area contributed by atoms with Gasteiger partial charge in [-0.3, -0.25) is 0 Å². The third kappa shape index (κ3) is 2.73. The fourth-order valence-corrected chi connectivity index (χ4v) is 2.25. The van der Waals surface area contributed by atoms with Crippen molar-refractivity contribution in [1.29, 1.82) is 0 Å². The van der Waals surface area contributed by atoms with Gasteiger partial charge in [-0.25, -0.2) is 9.67 Å². The van der Waals surface area contributed by atoms with Crippen LogP contribution in [0.1, 0.15) is 24.6 Å². The number of nitrogens with zero attached hydrogens (tertiary/aromatic N) is 5. The molecule has 1 aliphatic rings. The van der Waals surface area contributed by atoms with Crippen LogP contribution in [0.15, 0.2) is 17.2 Å². The topological polar surface area (TPSA) is 81.7 Å². The van der Waals surface area contributed by atoms with E-state index >= 15 is 0 Å². The van der Waals surface area contributed by atoms with Crippen LogP contribution >= 0.6 is 0 Å². The van der Waals surface area contributed by atoms with Crippen molar-refractivity contribution in [2.24, 2.45) is 5.92 Å². The molecule has 0 bridgehead atoms. The first-order valence-corrected chi connectivity index (χ1v) is 6.25. The molecule has 1 fully saturated rings. The van der Waals surface area contributed by atoms with Gasteiger partial charge in [-0.1, -0.05) is 5.16 Å². The second kappa shape index (κ2) is 5.26. The predicted molar refractivity (Wildman–Crippen MR) is 62.7 cm³/mol. The Hall–Kier alpha value is -1.76. The quantitative estimate of drug-likeness (QED) is 0.835. The van der Waals surface area contributed by atoms with E-state index in [1.54, 1.807) is 11.0 Å². The minimum atomic E-state index is 0.482. The molecule has 96 valence electrons. The van der Waals surface area contributed by atoms with Crippen molar-refractivity contribution in [3.05, 3.63) is 24.4 Å². The molecule has 0 spiro atoms. The molecule has 0 aliphatic carbocycles. The maximum absolute atomic E-state index is 5.21. The average molecular weight is 248 g/mol. The van der Waals surface area contributed by atoms with E-state index in [-0.39, 0.29) is 0 Å². The van der Waals surface area contributed by atoms with E-state index in [2.05, 4.69) is 25.5 Å². The molecule has 7 nitrogen and oxygen atoms in total. The monoisotopic (exact) mass is 248 g/mol. The lowest BCUT2D eigenvalue weighted by molar-refractivity contribution is 0.344. The molecule has 2 aromatic heterocycles. The Balaban J connectivity index is 1.59. The molecule has 3 heterocycles. The van der Waals surface area contributed by atoms with E-state index in [9.17, 15) is 0 Å². The third-order valence-corrected chi connectivity index (χ3v) is 3.14. The SMILES string of the molecule is c1ncn(Cc2nc(CC3CCCNC3)no2)n1.